The average Bonchev–Trinajstić information content (AvgIpc) is 2.38. The lowest BCUT2D eigenvalue weighted by molar-refractivity contribution is 0.140. The maximum atomic E-state index is 5.41. The standard InChI is InChI=1S/C14H21NOS/c1-3-4-10-16-11-9-15-12-13-5-7-14(17-2)8-6-13/h3,5-8,15H,1,4,9-12H2,2H3. The molecule has 0 saturated carbocycles. The molecule has 0 fully saturated rings. The molecule has 1 aromatic carbocycles. The number of nitrogens with one attached hydrogen (secondary N) is 1. The number of benzene rings is 1. The van der Waals surface area contributed by atoms with Gasteiger partial charge >= 0.3 is 0 Å². The summed E-state index contributed by atoms with van der Waals surface area (Å²) in [6.45, 7) is 6.98. The van der Waals surface area contributed by atoms with Gasteiger partial charge in [-0.3, -0.25) is 0 Å². The Morgan fingerprint density at radius 1 is 1.29 bits per heavy atom. The quantitative estimate of drug-likeness (QED) is 0.414. The molecule has 0 amide bonds. The lowest BCUT2D eigenvalue weighted by Gasteiger charge is -2.06. The van der Waals surface area contributed by atoms with Crippen molar-refractivity contribution in [2.75, 3.05) is 26.0 Å². The van der Waals surface area contributed by atoms with E-state index in [-0.39, 0.29) is 0 Å². The highest BCUT2D eigenvalue weighted by Gasteiger charge is 1.93. The third kappa shape index (κ3) is 6.51. The smallest absolute Gasteiger partial charge is 0.0591 e. The highest BCUT2D eigenvalue weighted by atomic mass is 32.2. The van der Waals surface area contributed by atoms with Crippen LogP contribution >= 0.6 is 11.8 Å². The van der Waals surface area contributed by atoms with Crippen LogP contribution in [0.2, 0.25) is 0 Å². The molecular formula is C14H21NOS. The van der Waals surface area contributed by atoms with Crippen LogP contribution in [0.3, 0.4) is 0 Å². The summed E-state index contributed by atoms with van der Waals surface area (Å²) in [4.78, 5) is 1.31. The summed E-state index contributed by atoms with van der Waals surface area (Å²) in [6, 6.07) is 8.64. The first-order valence-electron chi connectivity index (χ1n) is 5.89. The van der Waals surface area contributed by atoms with Crippen molar-refractivity contribution in [2.45, 2.75) is 17.9 Å². The normalized spacial score (nSPS) is 10.4. The molecule has 17 heavy (non-hydrogen) atoms. The van der Waals surface area contributed by atoms with E-state index in [0.717, 1.165) is 32.7 Å². The summed E-state index contributed by atoms with van der Waals surface area (Å²) >= 11 is 1.77. The molecule has 0 unspecified atom stereocenters. The van der Waals surface area contributed by atoms with Gasteiger partial charge in [0.1, 0.15) is 0 Å². The van der Waals surface area contributed by atoms with Crippen LogP contribution in [0.15, 0.2) is 41.8 Å². The third-order valence-electron chi connectivity index (χ3n) is 2.38. The first-order valence-corrected chi connectivity index (χ1v) is 7.11. The van der Waals surface area contributed by atoms with Gasteiger partial charge in [-0.15, -0.1) is 18.3 Å². The first-order chi connectivity index (χ1) is 8.36. The summed E-state index contributed by atoms with van der Waals surface area (Å²) < 4.78 is 5.41. The molecule has 3 heteroatoms. The number of hydrogen-bond donors (Lipinski definition) is 1. The molecule has 0 spiro atoms. The Bertz CT molecular complexity index is 311. The highest BCUT2D eigenvalue weighted by molar-refractivity contribution is 7.98. The Morgan fingerprint density at radius 2 is 2.06 bits per heavy atom. The zero-order valence-corrected chi connectivity index (χ0v) is 11.3. The zero-order valence-electron chi connectivity index (χ0n) is 10.4. The Morgan fingerprint density at radius 3 is 2.71 bits per heavy atom. The third-order valence-corrected chi connectivity index (χ3v) is 3.12. The van der Waals surface area contributed by atoms with Crippen molar-refractivity contribution >= 4 is 11.8 Å². The van der Waals surface area contributed by atoms with Gasteiger partial charge in [-0.25, -0.2) is 0 Å². The second-order valence-corrected chi connectivity index (χ2v) is 4.59. The van der Waals surface area contributed by atoms with Crippen LogP contribution in [0.5, 0.6) is 0 Å². The number of hydrogen-bond acceptors (Lipinski definition) is 3. The molecule has 0 aliphatic carbocycles. The maximum Gasteiger partial charge on any atom is 0.0591 e. The second kappa shape index (κ2) is 9.28. The van der Waals surface area contributed by atoms with E-state index in [4.69, 9.17) is 4.74 Å². The van der Waals surface area contributed by atoms with Crippen molar-refractivity contribution in [2.24, 2.45) is 0 Å². The Labute approximate surface area is 108 Å². The Hall–Kier alpha value is -0.770. The summed E-state index contributed by atoms with van der Waals surface area (Å²) in [7, 11) is 0. The van der Waals surface area contributed by atoms with Gasteiger partial charge in [0.15, 0.2) is 0 Å². The van der Waals surface area contributed by atoms with Crippen LogP contribution in [-0.4, -0.2) is 26.0 Å². The number of ether oxygens (including phenoxy) is 1. The van der Waals surface area contributed by atoms with E-state index < -0.39 is 0 Å². The van der Waals surface area contributed by atoms with Crippen LogP contribution < -0.4 is 5.32 Å². The van der Waals surface area contributed by atoms with Crippen LogP contribution in [0.25, 0.3) is 0 Å². The highest BCUT2D eigenvalue weighted by Crippen LogP contribution is 2.14. The Kier molecular flexibility index (Phi) is 7.80. The lowest BCUT2D eigenvalue weighted by atomic mass is 10.2. The van der Waals surface area contributed by atoms with E-state index >= 15 is 0 Å². The lowest BCUT2D eigenvalue weighted by Crippen LogP contribution is -2.19. The molecule has 94 valence electrons. The van der Waals surface area contributed by atoms with Gasteiger partial charge in [0, 0.05) is 18.0 Å². The van der Waals surface area contributed by atoms with Gasteiger partial charge in [0.05, 0.1) is 13.2 Å². The van der Waals surface area contributed by atoms with Crippen LogP contribution in [0, 0.1) is 0 Å². The molecule has 0 atom stereocenters. The molecule has 0 aromatic heterocycles. The molecule has 0 bridgehead atoms. The van der Waals surface area contributed by atoms with Crippen molar-refractivity contribution in [3.8, 4) is 0 Å². The predicted octanol–water partition coefficient (Wildman–Crippen LogP) is 3.09. The fourth-order valence-corrected chi connectivity index (χ4v) is 1.80. The molecular weight excluding hydrogens is 230 g/mol. The van der Waals surface area contributed by atoms with Gasteiger partial charge in [-0.05, 0) is 30.4 Å². The molecule has 0 aliphatic rings. The number of thioether (sulfide) groups is 1. The summed E-state index contributed by atoms with van der Waals surface area (Å²) in [6.07, 6.45) is 4.89. The van der Waals surface area contributed by atoms with E-state index in [9.17, 15) is 0 Å². The predicted molar refractivity (Wildman–Crippen MR) is 75.6 cm³/mol. The molecule has 0 radical (unpaired) electrons. The summed E-state index contributed by atoms with van der Waals surface area (Å²) in [5, 5.41) is 3.36. The molecule has 1 rings (SSSR count). The first kappa shape index (κ1) is 14.3. The fraction of sp³-hybridized carbons (Fsp3) is 0.429. The van der Waals surface area contributed by atoms with Crippen molar-refractivity contribution < 1.29 is 4.74 Å². The van der Waals surface area contributed by atoms with Crippen molar-refractivity contribution in [3.63, 3.8) is 0 Å². The van der Waals surface area contributed by atoms with E-state index in [2.05, 4.69) is 42.4 Å². The van der Waals surface area contributed by atoms with Crippen LogP contribution in [-0.2, 0) is 11.3 Å². The molecule has 2 nitrogen and oxygen atoms in total. The monoisotopic (exact) mass is 251 g/mol. The second-order valence-electron chi connectivity index (χ2n) is 3.71. The molecule has 0 heterocycles. The van der Waals surface area contributed by atoms with Gasteiger partial charge in [-0.1, -0.05) is 18.2 Å². The largest absolute Gasteiger partial charge is 0.380 e. The molecule has 0 saturated heterocycles. The fourth-order valence-electron chi connectivity index (χ4n) is 1.39. The molecule has 0 aliphatic heterocycles. The van der Waals surface area contributed by atoms with Gasteiger partial charge in [0.2, 0.25) is 0 Å². The van der Waals surface area contributed by atoms with Gasteiger partial charge in [0.25, 0.3) is 0 Å². The van der Waals surface area contributed by atoms with Crippen molar-refractivity contribution in [1.82, 2.24) is 5.32 Å². The Balaban J connectivity index is 2.07. The van der Waals surface area contributed by atoms with Gasteiger partial charge < -0.3 is 10.1 Å². The zero-order chi connectivity index (χ0) is 12.3. The van der Waals surface area contributed by atoms with Crippen LogP contribution in [0.1, 0.15) is 12.0 Å². The van der Waals surface area contributed by atoms with E-state index in [1.165, 1.54) is 10.5 Å². The minimum Gasteiger partial charge on any atom is -0.380 e. The van der Waals surface area contributed by atoms with E-state index in [1.807, 2.05) is 6.08 Å². The van der Waals surface area contributed by atoms with Crippen LogP contribution in [0.4, 0.5) is 0 Å². The molecule has 1 N–H and O–H groups in total. The minimum atomic E-state index is 0.761. The van der Waals surface area contributed by atoms with Gasteiger partial charge in [-0.2, -0.15) is 0 Å². The SMILES string of the molecule is C=CCCOCCNCc1ccc(SC)cc1. The topological polar surface area (TPSA) is 21.3 Å². The van der Waals surface area contributed by atoms with Crippen molar-refractivity contribution in [3.05, 3.63) is 42.5 Å². The minimum absolute atomic E-state index is 0.761. The summed E-state index contributed by atoms with van der Waals surface area (Å²) in [5.74, 6) is 0. The van der Waals surface area contributed by atoms with E-state index in [1.54, 1.807) is 11.8 Å². The summed E-state index contributed by atoms with van der Waals surface area (Å²) in [5.41, 5.74) is 1.31. The number of rotatable bonds is 9. The van der Waals surface area contributed by atoms with E-state index in [0.29, 0.717) is 0 Å². The average molecular weight is 251 g/mol. The molecule has 1 aromatic rings. The maximum absolute atomic E-state index is 5.41. The van der Waals surface area contributed by atoms with Crippen molar-refractivity contribution in [1.29, 1.82) is 0 Å².